The molecule has 2 unspecified atom stereocenters. The summed E-state index contributed by atoms with van der Waals surface area (Å²) in [5.41, 5.74) is 2.38. The van der Waals surface area contributed by atoms with Gasteiger partial charge in [-0.25, -0.2) is 4.79 Å². The summed E-state index contributed by atoms with van der Waals surface area (Å²) < 4.78 is 0. The lowest BCUT2D eigenvalue weighted by molar-refractivity contribution is -0.149. The fourth-order valence-corrected chi connectivity index (χ4v) is 4.15. The van der Waals surface area contributed by atoms with Crippen molar-refractivity contribution in [3.63, 3.8) is 0 Å². The highest BCUT2D eigenvalue weighted by Crippen LogP contribution is 2.30. The number of hydrogen-bond acceptors (Lipinski definition) is 4. The normalized spacial score (nSPS) is 28.2. The van der Waals surface area contributed by atoms with Crippen molar-refractivity contribution in [1.29, 1.82) is 0 Å². The maximum atomic E-state index is 12.7. The van der Waals surface area contributed by atoms with Gasteiger partial charge in [-0.3, -0.25) is 4.79 Å². The van der Waals surface area contributed by atoms with Crippen LogP contribution in [0.5, 0.6) is 0 Å². The summed E-state index contributed by atoms with van der Waals surface area (Å²) in [6, 6.07) is 7.01. The molecule has 2 N–H and O–H groups in total. The fourth-order valence-electron chi connectivity index (χ4n) is 2.98. The molecule has 0 bridgehead atoms. The van der Waals surface area contributed by atoms with Gasteiger partial charge in [0.1, 0.15) is 6.04 Å². The highest BCUT2D eigenvalue weighted by Gasteiger charge is 2.42. The lowest BCUT2D eigenvalue weighted by atomic mass is 9.95. The van der Waals surface area contributed by atoms with Crippen LogP contribution < -0.4 is 5.32 Å². The second kappa shape index (κ2) is 5.69. The van der Waals surface area contributed by atoms with Crippen molar-refractivity contribution in [1.82, 2.24) is 10.2 Å². The van der Waals surface area contributed by atoms with E-state index in [-0.39, 0.29) is 17.3 Å². The SMILES string of the molecule is CC1SCC(C(=O)O)N1C(=O)[C@H]1Cc2ccccc2CN1. The first-order valence-electron chi connectivity index (χ1n) is 7.04. The Kier molecular flexibility index (Phi) is 3.91. The maximum absolute atomic E-state index is 12.7. The Labute approximate surface area is 127 Å². The molecule has 2 heterocycles. The predicted molar refractivity (Wildman–Crippen MR) is 81.0 cm³/mol. The molecule has 6 heteroatoms. The molecule has 1 fully saturated rings. The van der Waals surface area contributed by atoms with Crippen LogP contribution in [-0.2, 0) is 22.6 Å². The number of nitrogens with one attached hydrogen (secondary N) is 1. The Bertz CT molecular complexity index is 578. The van der Waals surface area contributed by atoms with E-state index in [1.807, 2.05) is 25.1 Å². The number of nitrogens with zero attached hydrogens (tertiary/aromatic N) is 1. The van der Waals surface area contributed by atoms with Crippen molar-refractivity contribution in [2.45, 2.75) is 37.3 Å². The third-order valence-corrected chi connectivity index (χ3v) is 5.36. The number of thioether (sulfide) groups is 1. The minimum Gasteiger partial charge on any atom is -0.480 e. The highest BCUT2D eigenvalue weighted by molar-refractivity contribution is 8.00. The molecular weight excluding hydrogens is 288 g/mol. The predicted octanol–water partition coefficient (Wildman–Crippen LogP) is 1.08. The number of hydrogen-bond donors (Lipinski definition) is 2. The number of benzene rings is 1. The van der Waals surface area contributed by atoms with Crippen LogP contribution >= 0.6 is 11.8 Å². The Morgan fingerprint density at radius 3 is 2.76 bits per heavy atom. The number of aliphatic carboxylic acids is 1. The molecule has 0 aromatic heterocycles. The Hall–Kier alpha value is -1.53. The molecule has 21 heavy (non-hydrogen) atoms. The van der Waals surface area contributed by atoms with Gasteiger partial charge in [0.25, 0.3) is 0 Å². The molecule has 3 rings (SSSR count). The van der Waals surface area contributed by atoms with Crippen LogP contribution in [0.3, 0.4) is 0 Å². The monoisotopic (exact) mass is 306 g/mol. The Balaban J connectivity index is 1.78. The Morgan fingerprint density at radius 1 is 1.33 bits per heavy atom. The van der Waals surface area contributed by atoms with Crippen LogP contribution in [0.1, 0.15) is 18.1 Å². The zero-order chi connectivity index (χ0) is 15.0. The number of carboxylic acid groups (broad SMARTS) is 1. The zero-order valence-electron chi connectivity index (χ0n) is 11.8. The van der Waals surface area contributed by atoms with Crippen molar-refractivity contribution in [3.8, 4) is 0 Å². The van der Waals surface area contributed by atoms with Crippen LogP contribution in [0, 0.1) is 0 Å². The quantitative estimate of drug-likeness (QED) is 0.855. The molecule has 1 aromatic rings. The van der Waals surface area contributed by atoms with E-state index in [9.17, 15) is 14.7 Å². The average Bonchev–Trinajstić information content (AvgIpc) is 2.88. The van der Waals surface area contributed by atoms with Gasteiger partial charge in [0.2, 0.25) is 5.91 Å². The smallest absolute Gasteiger partial charge is 0.327 e. The van der Waals surface area contributed by atoms with E-state index < -0.39 is 12.0 Å². The van der Waals surface area contributed by atoms with Crippen molar-refractivity contribution >= 4 is 23.6 Å². The minimum absolute atomic E-state index is 0.0856. The van der Waals surface area contributed by atoms with Crippen LogP contribution in [0.4, 0.5) is 0 Å². The van der Waals surface area contributed by atoms with Crippen molar-refractivity contribution < 1.29 is 14.7 Å². The van der Waals surface area contributed by atoms with Gasteiger partial charge < -0.3 is 15.3 Å². The molecule has 2 aliphatic rings. The molecule has 112 valence electrons. The maximum Gasteiger partial charge on any atom is 0.327 e. The van der Waals surface area contributed by atoms with Gasteiger partial charge >= 0.3 is 5.97 Å². The number of rotatable bonds is 2. The molecule has 2 aliphatic heterocycles. The van der Waals surface area contributed by atoms with Crippen molar-refractivity contribution in [2.75, 3.05) is 5.75 Å². The number of carbonyl (C=O) groups excluding carboxylic acids is 1. The van der Waals surface area contributed by atoms with Gasteiger partial charge in [0.05, 0.1) is 11.4 Å². The number of carboxylic acids is 1. The van der Waals surface area contributed by atoms with Crippen molar-refractivity contribution in [2.24, 2.45) is 0 Å². The third kappa shape index (κ3) is 2.65. The number of carbonyl (C=O) groups is 2. The van der Waals surface area contributed by atoms with E-state index in [0.29, 0.717) is 18.7 Å². The molecule has 1 aromatic carbocycles. The average molecular weight is 306 g/mol. The summed E-state index contributed by atoms with van der Waals surface area (Å²) >= 11 is 1.52. The molecule has 0 saturated carbocycles. The number of amides is 1. The standard InChI is InChI=1S/C15H18N2O3S/c1-9-17(13(8-21-9)15(19)20)14(18)12-6-10-4-2-3-5-11(10)7-16-12/h2-5,9,12-13,16H,6-8H2,1H3,(H,19,20)/t9?,12-,13?/m1/s1. The topological polar surface area (TPSA) is 69.6 Å². The van der Waals surface area contributed by atoms with Crippen molar-refractivity contribution in [3.05, 3.63) is 35.4 Å². The summed E-state index contributed by atoms with van der Waals surface area (Å²) in [6.45, 7) is 2.54. The molecule has 1 saturated heterocycles. The summed E-state index contributed by atoms with van der Waals surface area (Å²) in [5, 5.41) is 12.4. The molecule has 0 aliphatic carbocycles. The first-order chi connectivity index (χ1) is 10.1. The molecule has 3 atom stereocenters. The van der Waals surface area contributed by atoms with Crippen LogP contribution in [0.15, 0.2) is 24.3 Å². The first kappa shape index (κ1) is 14.4. The number of fused-ring (bicyclic) bond motifs is 1. The lowest BCUT2D eigenvalue weighted by Gasteiger charge is -2.32. The van der Waals surface area contributed by atoms with Gasteiger partial charge in [0.15, 0.2) is 0 Å². The van der Waals surface area contributed by atoms with Crippen LogP contribution in [0.2, 0.25) is 0 Å². The van der Waals surface area contributed by atoms with Crippen LogP contribution in [0.25, 0.3) is 0 Å². The fraction of sp³-hybridized carbons (Fsp3) is 0.467. The third-order valence-electron chi connectivity index (χ3n) is 4.14. The molecule has 0 spiro atoms. The largest absolute Gasteiger partial charge is 0.480 e. The highest BCUT2D eigenvalue weighted by atomic mass is 32.2. The van der Waals surface area contributed by atoms with Gasteiger partial charge in [-0.15, -0.1) is 11.8 Å². The minimum atomic E-state index is -0.920. The van der Waals surface area contributed by atoms with E-state index in [0.717, 1.165) is 0 Å². The Morgan fingerprint density at radius 2 is 2.05 bits per heavy atom. The molecular formula is C15H18N2O3S. The van der Waals surface area contributed by atoms with Gasteiger partial charge in [0, 0.05) is 12.3 Å². The van der Waals surface area contributed by atoms with E-state index in [2.05, 4.69) is 11.4 Å². The van der Waals surface area contributed by atoms with E-state index in [4.69, 9.17) is 0 Å². The summed E-state index contributed by atoms with van der Waals surface area (Å²) in [6.07, 6.45) is 0.620. The summed E-state index contributed by atoms with van der Waals surface area (Å²) in [5.74, 6) is -0.559. The van der Waals surface area contributed by atoms with E-state index >= 15 is 0 Å². The summed E-state index contributed by atoms with van der Waals surface area (Å²) in [4.78, 5) is 25.6. The second-order valence-electron chi connectivity index (χ2n) is 5.44. The summed E-state index contributed by atoms with van der Waals surface area (Å²) in [7, 11) is 0. The lowest BCUT2D eigenvalue weighted by Crippen LogP contribution is -2.54. The zero-order valence-corrected chi connectivity index (χ0v) is 12.6. The van der Waals surface area contributed by atoms with Gasteiger partial charge in [-0.2, -0.15) is 0 Å². The van der Waals surface area contributed by atoms with Crippen LogP contribution in [-0.4, -0.2) is 45.1 Å². The second-order valence-corrected chi connectivity index (χ2v) is 6.79. The molecule has 0 radical (unpaired) electrons. The molecule has 1 amide bonds. The van der Waals surface area contributed by atoms with E-state index in [1.54, 1.807) is 0 Å². The van der Waals surface area contributed by atoms with Gasteiger partial charge in [-0.05, 0) is 24.5 Å². The van der Waals surface area contributed by atoms with E-state index in [1.165, 1.54) is 27.8 Å². The first-order valence-corrected chi connectivity index (χ1v) is 8.09. The molecule has 5 nitrogen and oxygen atoms in total. The van der Waals surface area contributed by atoms with Gasteiger partial charge in [-0.1, -0.05) is 24.3 Å².